The smallest absolute Gasteiger partial charge is 0.0991 e. The fourth-order valence-electron chi connectivity index (χ4n) is 3.04. The molecule has 1 atom stereocenters. The molecule has 0 saturated carbocycles. The summed E-state index contributed by atoms with van der Waals surface area (Å²) in [6.07, 6.45) is 9.45. The predicted molar refractivity (Wildman–Crippen MR) is 92.8 cm³/mol. The van der Waals surface area contributed by atoms with E-state index in [1.807, 2.05) is 23.3 Å². The Hall–Kier alpha value is -1.36. The second-order valence-corrected chi connectivity index (χ2v) is 5.89. The third-order valence-corrected chi connectivity index (χ3v) is 4.34. The molecule has 22 heavy (non-hydrogen) atoms. The highest BCUT2D eigenvalue weighted by Gasteiger charge is 2.16. The molecule has 3 rings (SSSR count). The van der Waals surface area contributed by atoms with E-state index in [1.165, 1.54) is 31.4 Å². The summed E-state index contributed by atoms with van der Waals surface area (Å²) in [7, 11) is 2.25. The summed E-state index contributed by atoms with van der Waals surface area (Å²) < 4.78 is 2.03. The molecule has 0 radical (unpaired) electrons. The number of nitrogens with one attached hydrogen (secondary N) is 1. The monoisotopic (exact) mass is 320 g/mol. The van der Waals surface area contributed by atoms with E-state index in [1.54, 1.807) is 0 Å². The predicted octanol–water partition coefficient (Wildman–Crippen LogP) is 2.87. The summed E-state index contributed by atoms with van der Waals surface area (Å²) in [5.41, 5.74) is 2.54. The van der Waals surface area contributed by atoms with Gasteiger partial charge in [0, 0.05) is 30.7 Å². The summed E-state index contributed by atoms with van der Waals surface area (Å²) in [6, 6.07) is 9.48. The van der Waals surface area contributed by atoms with Crippen LogP contribution in [-0.4, -0.2) is 40.6 Å². The molecule has 4 nitrogen and oxygen atoms in total. The fraction of sp³-hybridized carbons (Fsp3) is 0.471. The summed E-state index contributed by atoms with van der Waals surface area (Å²) >= 11 is 0. The van der Waals surface area contributed by atoms with Gasteiger partial charge in [-0.1, -0.05) is 12.1 Å². The highest BCUT2D eigenvalue weighted by atomic mass is 35.5. The van der Waals surface area contributed by atoms with Crippen molar-refractivity contribution >= 4 is 12.4 Å². The molecule has 0 bridgehead atoms. The SMILES string of the molecule is CN(Cc1ccc(-n2ccnc2)cc1)C1CCCNCC1.Cl. The third kappa shape index (κ3) is 4.32. The van der Waals surface area contributed by atoms with Crippen LogP contribution in [-0.2, 0) is 6.54 Å². The number of benzene rings is 1. The Balaban J connectivity index is 0.00000176. The molecule has 1 unspecified atom stereocenters. The van der Waals surface area contributed by atoms with Crippen molar-refractivity contribution in [3.63, 3.8) is 0 Å². The molecule has 5 heteroatoms. The number of hydrogen-bond donors (Lipinski definition) is 1. The molecule has 0 amide bonds. The van der Waals surface area contributed by atoms with Crippen molar-refractivity contribution in [2.45, 2.75) is 31.8 Å². The van der Waals surface area contributed by atoms with Crippen molar-refractivity contribution in [2.75, 3.05) is 20.1 Å². The van der Waals surface area contributed by atoms with Gasteiger partial charge in [-0.15, -0.1) is 12.4 Å². The lowest BCUT2D eigenvalue weighted by Crippen LogP contribution is -2.31. The van der Waals surface area contributed by atoms with Crippen LogP contribution in [0.3, 0.4) is 0 Å². The minimum absolute atomic E-state index is 0. The minimum atomic E-state index is 0. The van der Waals surface area contributed by atoms with Gasteiger partial charge in [0.05, 0.1) is 6.33 Å². The summed E-state index contributed by atoms with van der Waals surface area (Å²) in [5, 5.41) is 3.48. The standard InChI is InChI=1S/C17H24N4.ClH/c1-20(16-3-2-9-18-10-8-16)13-15-4-6-17(7-5-15)21-12-11-19-14-21;/h4-7,11-12,14,16,18H,2-3,8-10,13H2,1H3;1H. The van der Waals surface area contributed by atoms with Gasteiger partial charge in [0.25, 0.3) is 0 Å². The van der Waals surface area contributed by atoms with Gasteiger partial charge in [-0.2, -0.15) is 0 Å². The van der Waals surface area contributed by atoms with Crippen LogP contribution in [0.15, 0.2) is 43.0 Å². The maximum absolute atomic E-state index is 4.09. The van der Waals surface area contributed by atoms with Crippen molar-refractivity contribution < 1.29 is 0 Å². The van der Waals surface area contributed by atoms with Crippen LogP contribution in [0.4, 0.5) is 0 Å². The van der Waals surface area contributed by atoms with E-state index in [0.717, 1.165) is 18.8 Å². The summed E-state index contributed by atoms with van der Waals surface area (Å²) in [5.74, 6) is 0. The number of aromatic nitrogens is 2. The lowest BCUT2D eigenvalue weighted by atomic mass is 10.1. The van der Waals surface area contributed by atoms with Crippen LogP contribution in [0.1, 0.15) is 24.8 Å². The Labute approximate surface area is 139 Å². The lowest BCUT2D eigenvalue weighted by molar-refractivity contribution is 0.216. The normalized spacial score (nSPS) is 18.7. The van der Waals surface area contributed by atoms with E-state index in [2.05, 4.69) is 46.5 Å². The molecule has 1 aliphatic heterocycles. The molecule has 120 valence electrons. The van der Waals surface area contributed by atoms with Gasteiger partial charge in [-0.25, -0.2) is 4.98 Å². The average molecular weight is 321 g/mol. The number of halogens is 1. The van der Waals surface area contributed by atoms with Crippen LogP contribution < -0.4 is 5.32 Å². The second-order valence-electron chi connectivity index (χ2n) is 5.89. The molecule has 2 heterocycles. The zero-order chi connectivity index (χ0) is 14.5. The molecule has 0 aliphatic carbocycles. The van der Waals surface area contributed by atoms with E-state index in [0.29, 0.717) is 6.04 Å². The van der Waals surface area contributed by atoms with E-state index in [-0.39, 0.29) is 12.4 Å². The first-order chi connectivity index (χ1) is 10.3. The van der Waals surface area contributed by atoms with Gasteiger partial charge in [0.1, 0.15) is 0 Å². The van der Waals surface area contributed by atoms with Gasteiger partial charge >= 0.3 is 0 Å². The quantitative estimate of drug-likeness (QED) is 0.940. The Kier molecular flexibility index (Phi) is 6.43. The number of rotatable bonds is 4. The maximum atomic E-state index is 4.09. The summed E-state index contributed by atoms with van der Waals surface area (Å²) in [6.45, 7) is 3.34. The number of nitrogens with zero attached hydrogens (tertiary/aromatic N) is 3. The van der Waals surface area contributed by atoms with E-state index in [9.17, 15) is 0 Å². The molecule has 1 aromatic heterocycles. The van der Waals surface area contributed by atoms with E-state index >= 15 is 0 Å². The van der Waals surface area contributed by atoms with Crippen LogP contribution in [0.2, 0.25) is 0 Å². The Morgan fingerprint density at radius 1 is 1.23 bits per heavy atom. The average Bonchev–Trinajstić information content (AvgIpc) is 2.90. The summed E-state index contributed by atoms with van der Waals surface area (Å²) in [4.78, 5) is 6.59. The molecule has 1 aliphatic rings. The second kappa shape index (κ2) is 8.32. The Bertz CT molecular complexity index is 530. The lowest BCUT2D eigenvalue weighted by Gasteiger charge is -2.27. The van der Waals surface area contributed by atoms with E-state index < -0.39 is 0 Å². The molecule has 1 aromatic carbocycles. The fourth-order valence-corrected chi connectivity index (χ4v) is 3.04. The highest BCUT2D eigenvalue weighted by molar-refractivity contribution is 5.85. The van der Waals surface area contributed by atoms with Crippen molar-refractivity contribution in [3.05, 3.63) is 48.5 Å². The van der Waals surface area contributed by atoms with Crippen molar-refractivity contribution in [1.82, 2.24) is 19.8 Å². The van der Waals surface area contributed by atoms with Crippen LogP contribution in [0, 0.1) is 0 Å². The Morgan fingerprint density at radius 3 is 2.77 bits per heavy atom. The van der Waals surface area contributed by atoms with Crippen LogP contribution >= 0.6 is 12.4 Å². The van der Waals surface area contributed by atoms with Crippen LogP contribution in [0.5, 0.6) is 0 Å². The molecule has 2 aromatic rings. The van der Waals surface area contributed by atoms with Gasteiger partial charge in [0.2, 0.25) is 0 Å². The molecular weight excluding hydrogens is 296 g/mol. The van der Waals surface area contributed by atoms with E-state index in [4.69, 9.17) is 0 Å². The van der Waals surface area contributed by atoms with Gasteiger partial charge in [-0.3, -0.25) is 4.90 Å². The zero-order valence-corrected chi connectivity index (χ0v) is 13.9. The van der Waals surface area contributed by atoms with Crippen molar-refractivity contribution in [3.8, 4) is 5.69 Å². The first kappa shape index (κ1) is 17.0. The first-order valence-electron chi connectivity index (χ1n) is 7.81. The van der Waals surface area contributed by atoms with Gasteiger partial charge < -0.3 is 9.88 Å². The number of hydrogen-bond acceptors (Lipinski definition) is 3. The molecule has 1 N–H and O–H groups in total. The molecule has 1 saturated heterocycles. The highest BCUT2D eigenvalue weighted by Crippen LogP contribution is 2.16. The largest absolute Gasteiger partial charge is 0.317 e. The van der Waals surface area contributed by atoms with Crippen molar-refractivity contribution in [2.24, 2.45) is 0 Å². The molecule has 1 fully saturated rings. The molecular formula is C17H25ClN4. The van der Waals surface area contributed by atoms with Crippen molar-refractivity contribution in [1.29, 1.82) is 0 Å². The van der Waals surface area contributed by atoms with Crippen LogP contribution in [0.25, 0.3) is 5.69 Å². The minimum Gasteiger partial charge on any atom is -0.317 e. The van der Waals surface area contributed by atoms with Gasteiger partial charge in [0.15, 0.2) is 0 Å². The van der Waals surface area contributed by atoms with Gasteiger partial charge in [-0.05, 0) is 57.1 Å². The number of imidazole rings is 1. The maximum Gasteiger partial charge on any atom is 0.0991 e. The Morgan fingerprint density at radius 2 is 2.05 bits per heavy atom. The zero-order valence-electron chi connectivity index (χ0n) is 13.1. The molecule has 0 spiro atoms. The third-order valence-electron chi connectivity index (χ3n) is 4.34. The topological polar surface area (TPSA) is 33.1 Å². The first-order valence-corrected chi connectivity index (χ1v) is 7.81.